The van der Waals surface area contributed by atoms with E-state index in [1.165, 1.54) is 12.0 Å². The van der Waals surface area contributed by atoms with Gasteiger partial charge in [-0.1, -0.05) is 42.5 Å². The molecule has 0 fully saturated rings. The van der Waals surface area contributed by atoms with E-state index in [-0.39, 0.29) is 19.0 Å². The minimum absolute atomic E-state index is 0. The fourth-order valence-electron chi connectivity index (χ4n) is 2.52. The second-order valence-corrected chi connectivity index (χ2v) is 6.03. The SMILES string of the molecule is COC(=O)[C@H](Cc1ccc(OOCc2ccccc2)cc1)N(C)CC(=O)O.Cl. The number of halogens is 1. The van der Waals surface area contributed by atoms with Gasteiger partial charge in [0, 0.05) is 0 Å². The summed E-state index contributed by atoms with van der Waals surface area (Å²) in [5.74, 6) is -0.959. The number of carboxylic acids is 1. The van der Waals surface area contributed by atoms with E-state index >= 15 is 0 Å². The Hall–Kier alpha value is -2.61. The Morgan fingerprint density at radius 2 is 1.68 bits per heavy atom. The first-order valence-corrected chi connectivity index (χ1v) is 8.41. The van der Waals surface area contributed by atoms with Crippen LogP contribution in [0.25, 0.3) is 0 Å². The van der Waals surface area contributed by atoms with Gasteiger partial charge in [0.1, 0.15) is 12.6 Å². The molecule has 0 bridgehead atoms. The number of nitrogens with zero attached hydrogens (tertiary/aromatic N) is 1. The summed E-state index contributed by atoms with van der Waals surface area (Å²) in [4.78, 5) is 34.8. The number of esters is 1. The zero-order valence-electron chi connectivity index (χ0n) is 15.7. The number of ether oxygens (including phenoxy) is 1. The highest BCUT2D eigenvalue weighted by Crippen LogP contribution is 2.16. The summed E-state index contributed by atoms with van der Waals surface area (Å²) in [5.41, 5.74) is 1.84. The largest absolute Gasteiger partial charge is 0.480 e. The molecule has 2 rings (SSSR count). The second kappa shape index (κ2) is 12.0. The van der Waals surface area contributed by atoms with Crippen LogP contribution in [0, 0.1) is 0 Å². The molecule has 0 amide bonds. The van der Waals surface area contributed by atoms with Gasteiger partial charge in [-0.05, 0) is 36.7 Å². The number of hydrogen-bond acceptors (Lipinski definition) is 6. The predicted octanol–water partition coefficient (Wildman–Crippen LogP) is 2.72. The number of hydrogen-bond donors (Lipinski definition) is 1. The lowest BCUT2D eigenvalue weighted by atomic mass is 10.0. The maximum absolute atomic E-state index is 12.0. The first-order valence-electron chi connectivity index (χ1n) is 8.41. The highest BCUT2D eigenvalue weighted by atomic mass is 35.5. The molecule has 0 heterocycles. The van der Waals surface area contributed by atoms with Crippen molar-refractivity contribution in [3.05, 3.63) is 65.7 Å². The van der Waals surface area contributed by atoms with Crippen LogP contribution in [0.2, 0.25) is 0 Å². The fraction of sp³-hybridized carbons (Fsp3) is 0.300. The molecule has 1 atom stereocenters. The topological polar surface area (TPSA) is 85.3 Å². The van der Waals surface area contributed by atoms with Crippen LogP contribution in [0.4, 0.5) is 0 Å². The Bertz CT molecular complexity index is 738. The quantitative estimate of drug-likeness (QED) is 0.367. The maximum atomic E-state index is 12.0. The lowest BCUT2D eigenvalue weighted by Crippen LogP contribution is -2.43. The van der Waals surface area contributed by atoms with Gasteiger partial charge in [-0.25, -0.2) is 0 Å². The molecule has 0 saturated heterocycles. The molecule has 0 radical (unpaired) electrons. The van der Waals surface area contributed by atoms with Crippen LogP contribution in [0.5, 0.6) is 5.75 Å². The zero-order valence-corrected chi connectivity index (χ0v) is 16.6. The summed E-state index contributed by atoms with van der Waals surface area (Å²) in [6, 6.07) is 16.0. The summed E-state index contributed by atoms with van der Waals surface area (Å²) in [7, 11) is 2.86. The van der Waals surface area contributed by atoms with Gasteiger partial charge < -0.3 is 14.7 Å². The van der Waals surface area contributed by atoms with Crippen molar-refractivity contribution < 1.29 is 29.2 Å². The molecule has 2 aromatic rings. The molecule has 0 aromatic heterocycles. The zero-order chi connectivity index (χ0) is 19.6. The first kappa shape index (κ1) is 23.4. The minimum Gasteiger partial charge on any atom is -0.480 e. The number of carbonyl (C=O) groups is 2. The third-order valence-corrected chi connectivity index (χ3v) is 3.97. The molecule has 0 spiro atoms. The molecule has 7 nitrogen and oxygen atoms in total. The Labute approximate surface area is 170 Å². The number of carboxylic acid groups (broad SMARTS) is 1. The van der Waals surface area contributed by atoms with Crippen LogP contribution in [0.15, 0.2) is 54.6 Å². The lowest BCUT2D eigenvalue weighted by Gasteiger charge is -2.24. The summed E-state index contributed by atoms with van der Waals surface area (Å²) in [6.07, 6.45) is 0.321. The molecule has 152 valence electrons. The van der Waals surface area contributed by atoms with Crippen molar-refractivity contribution in [2.24, 2.45) is 0 Å². The molecule has 8 heteroatoms. The van der Waals surface area contributed by atoms with Crippen molar-refractivity contribution >= 4 is 24.3 Å². The molecular formula is C20H24ClNO6. The summed E-state index contributed by atoms with van der Waals surface area (Å²) in [5, 5.41) is 8.93. The van der Waals surface area contributed by atoms with Crippen LogP contribution < -0.4 is 4.89 Å². The van der Waals surface area contributed by atoms with Gasteiger partial charge in [0.05, 0.1) is 13.7 Å². The molecule has 0 aliphatic heterocycles. The molecule has 2 aromatic carbocycles. The van der Waals surface area contributed by atoms with Gasteiger partial charge in [-0.15, -0.1) is 12.4 Å². The first-order chi connectivity index (χ1) is 13.0. The molecule has 0 aliphatic rings. The standard InChI is InChI=1S/C20H23NO6.ClH/c1-21(13-19(22)23)18(20(24)25-2)12-15-8-10-17(11-9-15)27-26-14-16-6-4-3-5-7-16;/h3-11,18H,12-14H2,1-2H3,(H,22,23);1H/t18-;/m0./s1. The van der Waals surface area contributed by atoms with Crippen LogP contribution >= 0.6 is 12.4 Å². The van der Waals surface area contributed by atoms with Crippen LogP contribution in [0.3, 0.4) is 0 Å². The second-order valence-electron chi connectivity index (χ2n) is 6.03. The van der Waals surface area contributed by atoms with Gasteiger partial charge in [-0.2, -0.15) is 4.89 Å². The van der Waals surface area contributed by atoms with Crippen molar-refractivity contribution in [1.29, 1.82) is 0 Å². The minimum atomic E-state index is -1.01. The van der Waals surface area contributed by atoms with Crippen LogP contribution in [0.1, 0.15) is 11.1 Å². The van der Waals surface area contributed by atoms with Crippen LogP contribution in [-0.2, 0) is 32.2 Å². The number of rotatable bonds is 10. The van der Waals surface area contributed by atoms with E-state index in [9.17, 15) is 9.59 Å². The van der Waals surface area contributed by atoms with Gasteiger partial charge in [-0.3, -0.25) is 14.5 Å². The van der Waals surface area contributed by atoms with E-state index in [2.05, 4.69) is 0 Å². The number of methoxy groups -OCH3 is 1. The molecule has 0 aliphatic carbocycles. The number of carbonyl (C=O) groups excluding carboxylic acids is 1. The van der Waals surface area contributed by atoms with E-state index in [4.69, 9.17) is 19.6 Å². The molecule has 0 unspecified atom stereocenters. The van der Waals surface area contributed by atoms with Crippen molar-refractivity contribution in [2.75, 3.05) is 20.7 Å². The Morgan fingerprint density at radius 3 is 2.25 bits per heavy atom. The van der Waals surface area contributed by atoms with Gasteiger partial charge >= 0.3 is 11.9 Å². The summed E-state index contributed by atoms with van der Waals surface area (Å²) in [6.45, 7) is 0.0707. The van der Waals surface area contributed by atoms with E-state index in [0.29, 0.717) is 18.8 Å². The predicted molar refractivity (Wildman–Crippen MR) is 105 cm³/mol. The molecular weight excluding hydrogens is 386 g/mol. The monoisotopic (exact) mass is 409 g/mol. The van der Waals surface area contributed by atoms with E-state index in [0.717, 1.165) is 11.1 Å². The highest BCUT2D eigenvalue weighted by molar-refractivity contribution is 5.85. The Balaban J connectivity index is 0.00000392. The fourth-order valence-corrected chi connectivity index (χ4v) is 2.52. The number of likely N-dealkylation sites (N-methyl/N-ethyl adjacent to an activating group) is 1. The summed E-state index contributed by atoms with van der Waals surface area (Å²) < 4.78 is 4.79. The smallest absolute Gasteiger partial charge is 0.323 e. The van der Waals surface area contributed by atoms with E-state index < -0.39 is 18.0 Å². The third kappa shape index (κ3) is 7.56. The van der Waals surface area contributed by atoms with Crippen molar-refractivity contribution in [2.45, 2.75) is 19.1 Å². The van der Waals surface area contributed by atoms with Crippen molar-refractivity contribution in [3.8, 4) is 5.75 Å². The molecule has 1 N–H and O–H groups in total. The Kier molecular flexibility index (Phi) is 10.0. The van der Waals surface area contributed by atoms with Crippen molar-refractivity contribution in [3.63, 3.8) is 0 Å². The molecule has 28 heavy (non-hydrogen) atoms. The maximum Gasteiger partial charge on any atom is 0.323 e. The van der Waals surface area contributed by atoms with Crippen LogP contribution in [-0.4, -0.2) is 48.7 Å². The summed E-state index contributed by atoms with van der Waals surface area (Å²) >= 11 is 0. The normalized spacial score (nSPS) is 11.4. The average molecular weight is 410 g/mol. The van der Waals surface area contributed by atoms with Gasteiger partial charge in [0.15, 0.2) is 5.75 Å². The van der Waals surface area contributed by atoms with Gasteiger partial charge in [0.25, 0.3) is 0 Å². The molecule has 0 saturated carbocycles. The average Bonchev–Trinajstić information content (AvgIpc) is 2.67. The lowest BCUT2D eigenvalue weighted by molar-refractivity contribution is -0.217. The van der Waals surface area contributed by atoms with Gasteiger partial charge in [0.2, 0.25) is 0 Å². The highest BCUT2D eigenvalue weighted by Gasteiger charge is 2.25. The van der Waals surface area contributed by atoms with E-state index in [1.807, 2.05) is 30.3 Å². The van der Waals surface area contributed by atoms with Crippen molar-refractivity contribution in [1.82, 2.24) is 4.90 Å². The number of aliphatic carboxylic acids is 1. The van der Waals surface area contributed by atoms with E-state index in [1.54, 1.807) is 31.3 Å². The number of benzene rings is 2. The third-order valence-electron chi connectivity index (χ3n) is 3.97. The Morgan fingerprint density at radius 1 is 1.04 bits per heavy atom.